The van der Waals surface area contributed by atoms with Crippen LogP contribution in [0.5, 0.6) is 0 Å². The van der Waals surface area contributed by atoms with Crippen LogP contribution in [0.4, 0.5) is 0 Å². The summed E-state index contributed by atoms with van der Waals surface area (Å²) in [4.78, 5) is 19.4. The lowest BCUT2D eigenvalue weighted by Crippen LogP contribution is -2.33. The van der Waals surface area contributed by atoms with Crippen LogP contribution >= 0.6 is 0 Å². The first-order valence-corrected chi connectivity index (χ1v) is 8.85. The van der Waals surface area contributed by atoms with E-state index in [2.05, 4.69) is 10.1 Å². The van der Waals surface area contributed by atoms with Gasteiger partial charge in [0.2, 0.25) is 5.91 Å². The summed E-state index contributed by atoms with van der Waals surface area (Å²) in [7, 11) is 1.89. The van der Waals surface area contributed by atoms with Gasteiger partial charge in [-0.05, 0) is 36.6 Å². The molecule has 1 amide bonds. The second-order valence-electron chi connectivity index (χ2n) is 6.46. The molecule has 5 nitrogen and oxygen atoms in total. The first-order valence-electron chi connectivity index (χ1n) is 8.85. The van der Waals surface area contributed by atoms with E-state index in [1.165, 1.54) is 0 Å². The van der Waals surface area contributed by atoms with Gasteiger partial charge < -0.3 is 4.90 Å². The molecule has 26 heavy (non-hydrogen) atoms. The number of benzene rings is 1. The van der Waals surface area contributed by atoms with Crippen LogP contribution in [-0.4, -0.2) is 25.6 Å². The molecule has 0 N–H and O–H groups in total. The zero-order valence-corrected chi connectivity index (χ0v) is 15.2. The van der Waals surface area contributed by atoms with E-state index in [1.807, 2.05) is 79.8 Å². The molecular formula is C21H24N4O. The quantitative estimate of drug-likeness (QED) is 0.656. The molecular weight excluding hydrogens is 324 g/mol. The highest BCUT2D eigenvalue weighted by molar-refractivity contribution is 5.77. The van der Waals surface area contributed by atoms with Crippen molar-refractivity contribution >= 4 is 5.91 Å². The largest absolute Gasteiger partial charge is 0.330 e. The lowest BCUT2D eigenvalue weighted by molar-refractivity contribution is -0.134. The monoisotopic (exact) mass is 348 g/mol. The fraction of sp³-hybridized carbons (Fsp3) is 0.286. The summed E-state index contributed by atoms with van der Waals surface area (Å²) in [5.41, 5.74) is 3.09. The van der Waals surface area contributed by atoms with E-state index in [1.54, 1.807) is 10.9 Å². The molecule has 2 heterocycles. The van der Waals surface area contributed by atoms with Gasteiger partial charge in [0.25, 0.3) is 0 Å². The molecule has 1 unspecified atom stereocenters. The van der Waals surface area contributed by atoms with E-state index in [0.29, 0.717) is 19.4 Å². The van der Waals surface area contributed by atoms with Gasteiger partial charge in [0.1, 0.15) is 0 Å². The standard InChI is InChI=1S/C21H24N4O/c1-17(20-10-6-7-13-22-20)25(16-18-8-4-3-5-9-18)21(26)12-11-19-14-23-24(2)15-19/h3-10,13-15,17H,11-12,16H2,1-2H3. The number of carbonyl (C=O) groups is 1. The first kappa shape index (κ1) is 17.9. The Morgan fingerprint density at radius 1 is 1.12 bits per heavy atom. The van der Waals surface area contributed by atoms with Gasteiger partial charge in [0, 0.05) is 32.4 Å². The van der Waals surface area contributed by atoms with Gasteiger partial charge >= 0.3 is 0 Å². The molecule has 5 heteroatoms. The molecule has 2 aromatic heterocycles. The molecule has 0 spiro atoms. The Hall–Kier alpha value is -2.95. The van der Waals surface area contributed by atoms with Crippen LogP contribution in [0.2, 0.25) is 0 Å². The van der Waals surface area contributed by atoms with Crippen molar-refractivity contribution in [2.75, 3.05) is 0 Å². The average Bonchev–Trinajstić information content (AvgIpc) is 3.10. The molecule has 0 aliphatic rings. The van der Waals surface area contributed by atoms with Gasteiger partial charge in [-0.1, -0.05) is 36.4 Å². The van der Waals surface area contributed by atoms with E-state index in [9.17, 15) is 4.79 Å². The molecule has 0 bridgehead atoms. The Bertz CT molecular complexity index is 829. The number of nitrogens with zero attached hydrogens (tertiary/aromatic N) is 4. The average molecular weight is 348 g/mol. The normalized spacial score (nSPS) is 11.9. The van der Waals surface area contributed by atoms with E-state index >= 15 is 0 Å². The molecule has 0 saturated heterocycles. The lowest BCUT2D eigenvalue weighted by Gasteiger charge is -2.29. The number of pyridine rings is 1. The zero-order valence-electron chi connectivity index (χ0n) is 15.2. The van der Waals surface area contributed by atoms with Crippen LogP contribution in [0.15, 0.2) is 67.1 Å². The molecule has 3 aromatic rings. The van der Waals surface area contributed by atoms with E-state index < -0.39 is 0 Å². The summed E-state index contributed by atoms with van der Waals surface area (Å²) in [6.07, 6.45) is 6.68. The van der Waals surface area contributed by atoms with Gasteiger partial charge in [0.15, 0.2) is 0 Å². The molecule has 0 radical (unpaired) electrons. The van der Waals surface area contributed by atoms with Crippen LogP contribution in [-0.2, 0) is 24.8 Å². The molecule has 1 atom stereocenters. The van der Waals surface area contributed by atoms with Crippen molar-refractivity contribution in [2.45, 2.75) is 32.4 Å². The van der Waals surface area contributed by atoms with Crippen LogP contribution in [0.25, 0.3) is 0 Å². The smallest absolute Gasteiger partial charge is 0.223 e. The van der Waals surface area contributed by atoms with Gasteiger partial charge in [-0.15, -0.1) is 0 Å². The SMILES string of the molecule is CC(c1ccccn1)N(Cc1ccccc1)C(=O)CCc1cnn(C)c1. The van der Waals surface area contributed by atoms with Crippen molar-refractivity contribution in [2.24, 2.45) is 7.05 Å². The summed E-state index contributed by atoms with van der Waals surface area (Å²) < 4.78 is 1.76. The van der Waals surface area contributed by atoms with Crippen molar-refractivity contribution in [3.63, 3.8) is 0 Å². The molecule has 1 aromatic carbocycles. The van der Waals surface area contributed by atoms with Crippen LogP contribution in [0.1, 0.15) is 36.2 Å². The van der Waals surface area contributed by atoms with E-state index in [0.717, 1.165) is 16.8 Å². The third kappa shape index (κ3) is 4.57. The maximum atomic E-state index is 13.0. The third-order valence-electron chi connectivity index (χ3n) is 4.49. The number of rotatable bonds is 7. The third-order valence-corrected chi connectivity index (χ3v) is 4.49. The fourth-order valence-corrected chi connectivity index (χ4v) is 3.00. The van der Waals surface area contributed by atoms with Crippen LogP contribution in [0.3, 0.4) is 0 Å². The minimum atomic E-state index is -0.0854. The van der Waals surface area contributed by atoms with Gasteiger partial charge in [0.05, 0.1) is 17.9 Å². The highest BCUT2D eigenvalue weighted by atomic mass is 16.2. The Morgan fingerprint density at radius 3 is 2.54 bits per heavy atom. The topological polar surface area (TPSA) is 51.0 Å². The van der Waals surface area contributed by atoms with Crippen molar-refractivity contribution < 1.29 is 4.79 Å². The maximum Gasteiger partial charge on any atom is 0.223 e. The Labute approximate surface area is 154 Å². The van der Waals surface area contributed by atoms with E-state index in [4.69, 9.17) is 0 Å². The number of amides is 1. The highest BCUT2D eigenvalue weighted by Gasteiger charge is 2.22. The first-order chi connectivity index (χ1) is 12.6. The lowest BCUT2D eigenvalue weighted by atomic mass is 10.1. The van der Waals surface area contributed by atoms with Crippen molar-refractivity contribution in [3.8, 4) is 0 Å². The predicted octanol–water partition coefficient (Wildman–Crippen LogP) is 3.54. The molecule has 134 valence electrons. The number of carbonyl (C=O) groups excluding carboxylic acids is 1. The molecule has 3 rings (SSSR count). The van der Waals surface area contributed by atoms with Crippen molar-refractivity contribution in [1.82, 2.24) is 19.7 Å². The van der Waals surface area contributed by atoms with Gasteiger partial charge in [-0.25, -0.2) is 0 Å². The summed E-state index contributed by atoms with van der Waals surface area (Å²) in [6.45, 7) is 2.61. The fourth-order valence-electron chi connectivity index (χ4n) is 3.00. The summed E-state index contributed by atoms with van der Waals surface area (Å²) in [5, 5.41) is 4.17. The summed E-state index contributed by atoms with van der Waals surface area (Å²) in [5.74, 6) is 0.121. The van der Waals surface area contributed by atoms with Crippen molar-refractivity contribution in [1.29, 1.82) is 0 Å². The second kappa shape index (κ2) is 8.43. The van der Waals surface area contributed by atoms with Crippen LogP contribution in [0, 0.1) is 0 Å². The van der Waals surface area contributed by atoms with Gasteiger partial charge in [-0.3, -0.25) is 14.5 Å². The Kier molecular flexibility index (Phi) is 5.79. The molecule has 0 fully saturated rings. The predicted molar refractivity (Wildman–Crippen MR) is 101 cm³/mol. The van der Waals surface area contributed by atoms with Gasteiger partial charge in [-0.2, -0.15) is 5.10 Å². The Balaban J connectivity index is 1.76. The number of aromatic nitrogens is 3. The Morgan fingerprint density at radius 2 is 1.88 bits per heavy atom. The maximum absolute atomic E-state index is 13.0. The van der Waals surface area contributed by atoms with Crippen molar-refractivity contribution in [3.05, 3.63) is 83.9 Å². The van der Waals surface area contributed by atoms with E-state index in [-0.39, 0.29) is 11.9 Å². The van der Waals surface area contributed by atoms with Crippen LogP contribution < -0.4 is 0 Å². The minimum absolute atomic E-state index is 0.0854. The minimum Gasteiger partial charge on any atom is -0.330 e. The highest BCUT2D eigenvalue weighted by Crippen LogP contribution is 2.22. The molecule has 0 aliphatic heterocycles. The summed E-state index contributed by atoms with van der Waals surface area (Å²) in [6, 6.07) is 15.8. The number of hydrogen-bond donors (Lipinski definition) is 0. The summed E-state index contributed by atoms with van der Waals surface area (Å²) >= 11 is 0. The second-order valence-corrected chi connectivity index (χ2v) is 6.46. The number of hydrogen-bond acceptors (Lipinski definition) is 3. The molecule has 0 saturated carbocycles. The number of aryl methyl sites for hydroxylation is 2. The zero-order chi connectivity index (χ0) is 18.4. The molecule has 0 aliphatic carbocycles.